The Hall–Kier alpha value is -2.47. The van der Waals surface area contributed by atoms with Gasteiger partial charge in [-0.15, -0.1) is 5.10 Å². The Morgan fingerprint density at radius 3 is 2.91 bits per heavy atom. The van der Waals surface area contributed by atoms with E-state index < -0.39 is 0 Å². The van der Waals surface area contributed by atoms with Crippen LogP contribution in [0, 0.1) is 6.92 Å². The van der Waals surface area contributed by atoms with Crippen molar-refractivity contribution >= 4 is 0 Å². The van der Waals surface area contributed by atoms with E-state index >= 15 is 0 Å². The van der Waals surface area contributed by atoms with Crippen LogP contribution in [-0.4, -0.2) is 24.8 Å². The number of fused-ring (bicyclic) bond motifs is 3. The number of hydrogen-bond acceptors (Lipinski definition) is 4. The molecule has 112 valence electrons. The third-order valence-electron chi connectivity index (χ3n) is 4.30. The molecule has 2 aromatic heterocycles. The summed E-state index contributed by atoms with van der Waals surface area (Å²) in [6, 6.07) is 6.43. The van der Waals surface area contributed by atoms with Crippen LogP contribution in [0.2, 0.25) is 0 Å². The first-order chi connectivity index (χ1) is 10.6. The van der Waals surface area contributed by atoms with Gasteiger partial charge in [-0.25, -0.2) is 4.68 Å². The van der Waals surface area contributed by atoms with Gasteiger partial charge in [0.15, 0.2) is 0 Å². The summed E-state index contributed by atoms with van der Waals surface area (Å²) in [5.41, 5.74) is 13.0. The van der Waals surface area contributed by atoms with Crippen LogP contribution >= 0.6 is 0 Å². The molecular formula is C16H18N6. The first kappa shape index (κ1) is 13.2. The molecule has 3 aromatic rings. The molecule has 22 heavy (non-hydrogen) atoms. The quantitative estimate of drug-likeness (QED) is 0.745. The Morgan fingerprint density at radius 2 is 2.14 bits per heavy atom. The molecular weight excluding hydrogens is 276 g/mol. The lowest BCUT2D eigenvalue weighted by Gasteiger charge is -2.14. The predicted octanol–water partition coefficient (Wildman–Crippen LogP) is 2.06. The zero-order chi connectivity index (χ0) is 15.3. The molecule has 0 spiro atoms. The average molecular weight is 294 g/mol. The molecule has 6 heteroatoms. The number of rotatable bonds is 1. The van der Waals surface area contributed by atoms with Crippen molar-refractivity contribution in [1.82, 2.24) is 24.8 Å². The van der Waals surface area contributed by atoms with Gasteiger partial charge in [0.1, 0.15) is 0 Å². The van der Waals surface area contributed by atoms with Crippen molar-refractivity contribution in [3.8, 4) is 22.4 Å². The van der Waals surface area contributed by atoms with E-state index in [2.05, 4.69) is 33.6 Å². The minimum absolute atomic E-state index is 0.00715. The summed E-state index contributed by atoms with van der Waals surface area (Å²) in [7, 11) is 1.92. The van der Waals surface area contributed by atoms with Crippen molar-refractivity contribution in [3.63, 3.8) is 0 Å². The molecule has 0 unspecified atom stereocenters. The molecule has 0 bridgehead atoms. The standard InChI is InChI=1S/C16H18N6/c1-10-16-13-4-3-11(12-8-18-21(2)9-12)7-14(13)15(17)5-6-22(16)20-19-10/h3-4,7-9,15H,5-6,17H2,1-2H3/t15-/m1/s1. The second-order valence-corrected chi connectivity index (χ2v) is 5.85. The Bertz CT molecular complexity index is 844. The topological polar surface area (TPSA) is 74.5 Å². The minimum Gasteiger partial charge on any atom is -0.324 e. The number of hydrogen-bond donors (Lipinski definition) is 1. The summed E-state index contributed by atoms with van der Waals surface area (Å²) >= 11 is 0. The summed E-state index contributed by atoms with van der Waals surface area (Å²) < 4.78 is 3.77. The Morgan fingerprint density at radius 1 is 1.27 bits per heavy atom. The maximum atomic E-state index is 6.40. The highest BCUT2D eigenvalue weighted by molar-refractivity contribution is 5.73. The third-order valence-corrected chi connectivity index (χ3v) is 4.30. The second-order valence-electron chi connectivity index (χ2n) is 5.85. The second kappa shape index (κ2) is 4.78. The highest BCUT2D eigenvalue weighted by atomic mass is 15.4. The zero-order valence-electron chi connectivity index (χ0n) is 12.7. The molecule has 0 fully saturated rings. The molecule has 2 N–H and O–H groups in total. The molecule has 6 nitrogen and oxygen atoms in total. The zero-order valence-corrected chi connectivity index (χ0v) is 12.7. The predicted molar refractivity (Wildman–Crippen MR) is 83.9 cm³/mol. The first-order valence-electron chi connectivity index (χ1n) is 7.42. The van der Waals surface area contributed by atoms with Crippen molar-refractivity contribution in [2.24, 2.45) is 12.8 Å². The molecule has 0 amide bonds. The third kappa shape index (κ3) is 1.95. The van der Waals surface area contributed by atoms with Crippen molar-refractivity contribution in [1.29, 1.82) is 0 Å². The van der Waals surface area contributed by atoms with E-state index in [0.29, 0.717) is 0 Å². The SMILES string of the molecule is Cc1nnn2c1-c1ccc(-c3cnn(C)c3)cc1[C@H](N)CC2. The van der Waals surface area contributed by atoms with Crippen molar-refractivity contribution < 1.29 is 0 Å². The Balaban J connectivity index is 1.91. The van der Waals surface area contributed by atoms with E-state index in [1.54, 1.807) is 0 Å². The summed E-state index contributed by atoms with van der Waals surface area (Å²) in [5, 5.41) is 12.7. The lowest BCUT2D eigenvalue weighted by molar-refractivity contribution is 0.524. The molecule has 1 atom stereocenters. The molecule has 1 aromatic carbocycles. The van der Waals surface area contributed by atoms with Crippen molar-refractivity contribution in [2.45, 2.75) is 25.9 Å². The minimum atomic E-state index is 0.00715. The van der Waals surface area contributed by atoms with Gasteiger partial charge in [0, 0.05) is 37.0 Å². The molecule has 3 heterocycles. The monoisotopic (exact) mass is 294 g/mol. The van der Waals surface area contributed by atoms with Crippen LogP contribution in [0.3, 0.4) is 0 Å². The lowest BCUT2D eigenvalue weighted by Crippen LogP contribution is -2.12. The molecule has 1 aliphatic rings. The summed E-state index contributed by atoms with van der Waals surface area (Å²) in [6.07, 6.45) is 4.75. The van der Waals surface area contributed by atoms with E-state index in [1.807, 2.05) is 35.7 Å². The fourth-order valence-corrected chi connectivity index (χ4v) is 3.14. The van der Waals surface area contributed by atoms with Crippen LogP contribution in [-0.2, 0) is 13.6 Å². The number of aryl methyl sites for hydroxylation is 3. The van der Waals surface area contributed by atoms with Crippen LogP contribution in [0.15, 0.2) is 30.6 Å². The van der Waals surface area contributed by atoms with Crippen LogP contribution in [0.4, 0.5) is 0 Å². The van der Waals surface area contributed by atoms with E-state index in [0.717, 1.165) is 46.6 Å². The fourth-order valence-electron chi connectivity index (χ4n) is 3.14. The molecule has 1 aliphatic heterocycles. The van der Waals surface area contributed by atoms with Gasteiger partial charge in [0.2, 0.25) is 0 Å². The van der Waals surface area contributed by atoms with Crippen LogP contribution in [0.5, 0.6) is 0 Å². The fraction of sp³-hybridized carbons (Fsp3) is 0.312. The Kier molecular flexibility index (Phi) is 2.87. The molecule has 4 rings (SSSR count). The van der Waals surface area contributed by atoms with Crippen LogP contribution in [0.25, 0.3) is 22.4 Å². The largest absolute Gasteiger partial charge is 0.324 e. The van der Waals surface area contributed by atoms with Gasteiger partial charge in [0.25, 0.3) is 0 Å². The molecule has 0 saturated carbocycles. The summed E-state index contributed by atoms with van der Waals surface area (Å²) in [4.78, 5) is 0. The maximum Gasteiger partial charge on any atom is 0.0918 e. The van der Waals surface area contributed by atoms with E-state index in [9.17, 15) is 0 Å². The van der Waals surface area contributed by atoms with Gasteiger partial charge in [-0.2, -0.15) is 5.10 Å². The number of nitrogens with two attached hydrogens (primary N) is 1. The number of nitrogens with zero attached hydrogens (tertiary/aromatic N) is 5. The molecule has 0 aliphatic carbocycles. The van der Waals surface area contributed by atoms with Gasteiger partial charge < -0.3 is 5.73 Å². The summed E-state index contributed by atoms with van der Waals surface area (Å²) in [6.45, 7) is 2.79. The van der Waals surface area contributed by atoms with Gasteiger partial charge in [0.05, 0.1) is 17.6 Å². The maximum absolute atomic E-state index is 6.40. The van der Waals surface area contributed by atoms with Crippen molar-refractivity contribution in [2.75, 3.05) is 0 Å². The van der Waals surface area contributed by atoms with E-state index in [-0.39, 0.29) is 6.04 Å². The van der Waals surface area contributed by atoms with E-state index in [1.165, 1.54) is 0 Å². The normalized spacial score (nSPS) is 17.0. The van der Waals surface area contributed by atoms with Crippen LogP contribution in [0.1, 0.15) is 23.7 Å². The van der Waals surface area contributed by atoms with Gasteiger partial charge >= 0.3 is 0 Å². The Labute approximate surface area is 128 Å². The molecule has 0 saturated heterocycles. The summed E-state index contributed by atoms with van der Waals surface area (Å²) in [5.74, 6) is 0. The van der Waals surface area contributed by atoms with Crippen molar-refractivity contribution in [3.05, 3.63) is 41.9 Å². The van der Waals surface area contributed by atoms with Gasteiger partial charge in [-0.1, -0.05) is 17.3 Å². The van der Waals surface area contributed by atoms with Crippen LogP contribution < -0.4 is 5.73 Å². The first-order valence-corrected chi connectivity index (χ1v) is 7.42. The van der Waals surface area contributed by atoms with Gasteiger partial charge in [-0.05, 0) is 30.5 Å². The smallest absolute Gasteiger partial charge is 0.0918 e. The van der Waals surface area contributed by atoms with E-state index in [4.69, 9.17) is 5.73 Å². The highest BCUT2D eigenvalue weighted by Crippen LogP contribution is 2.36. The number of benzene rings is 1. The lowest BCUT2D eigenvalue weighted by atomic mass is 9.93. The number of aromatic nitrogens is 5. The molecule has 0 radical (unpaired) electrons. The average Bonchev–Trinajstić information content (AvgIpc) is 3.07. The van der Waals surface area contributed by atoms with Gasteiger partial charge in [-0.3, -0.25) is 4.68 Å². The highest BCUT2D eigenvalue weighted by Gasteiger charge is 2.23.